The topological polar surface area (TPSA) is 158 Å². The summed E-state index contributed by atoms with van der Waals surface area (Å²) in [4.78, 5) is 9.26. The minimum atomic E-state index is -2.65. The monoisotopic (exact) mass is 830 g/mol. The number of methoxy groups -OCH3 is 1. The van der Waals surface area contributed by atoms with Gasteiger partial charge in [-0.15, -0.1) is 11.3 Å². The average molecular weight is 832 g/mol. The second-order valence-electron chi connectivity index (χ2n) is 13.0. The molecule has 0 saturated carbocycles. The summed E-state index contributed by atoms with van der Waals surface area (Å²) in [5.41, 5.74) is -4.85. The number of ether oxygens (including phenoxy) is 2. The fourth-order valence-electron chi connectivity index (χ4n) is 6.92. The van der Waals surface area contributed by atoms with Crippen LogP contribution in [0.4, 0.5) is 17.6 Å². The van der Waals surface area contributed by atoms with Crippen molar-refractivity contribution in [3.8, 4) is 33.7 Å². The molecule has 8 rings (SSSR count). The summed E-state index contributed by atoms with van der Waals surface area (Å²) in [6, 6.07) is 8.16. The summed E-state index contributed by atoms with van der Waals surface area (Å²) in [6.45, 7) is 2.60. The molecule has 0 spiro atoms. The number of aliphatic hydroxyl groups is 3. The van der Waals surface area contributed by atoms with E-state index in [0.717, 1.165) is 43.6 Å². The molecule has 13 nitrogen and oxygen atoms in total. The van der Waals surface area contributed by atoms with Gasteiger partial charge in [-0.1, -0.05) is 23.2 Å². The minimum absolute atomic E-state index is 0.0168. The lowest BCUT2D eigenvalue weighted by Crippen LogP contribution is -2.68. The van der Waals surface area contributed by atoms with Crippen molar-refractivity contribution in [1.29, 1.82) is 0 Å². The predicted octanol–water partition coefficient (Wildman–Crippen LogP) is 6.28. The van der Waals surface area contributed by atoms with Crippen LogP contribution >= 0.6 is 34.5 Å². The molecule has 1 unspecified atom stereocenters. The lowest BCUT2D eigenvalue weighted by atomic mass is 9.86. The van der Waals surface area contributed by atoms with Gasteiger partial charge >= 0.3 is 0 Å². The second kappa shape index (κ2) is 13.9. The highest BCUT2D eigenvalue weighted by Crippen LogP contribution is 2.50. The molecule has 56 heavy (non-hydrogen) atoms. The number of thiazole rings is 1. The Hall–Kier alpha value is -4.95. The quantitative estimate of drug-likeness (QED) is 0.118. The molecule has 1 fully saturated rings. The van der Waals surface area contributed by atoms with Crippen LogP contribution in [0.25, 0.3) is 38.2 Å². The molecule has 7 aromatic rings. The molecule has 1 saturated heterocycles. The fourth-order valence-corrected chi connectivity index (χ4v) is 8.05. The van der Waals surface area contributed by atoms with Crippen molar-refractivity contribution in [2.45, 2.75) is 43.9 Å². The van der Waals surface area contributed by atoms with E-state index in [1.807, 2.05) is 6.92 Å². The van der Waals surface area contributed by atoms with Crippen LogP contribution in [-0.2, 0) is 16.2 Å². The Bertz CT molecular complexity index is 2670. The van der Waals surface area contributed by atoms with Gasteiger partial charge in [0.1, 0.15) is 23.4 Å². The summed E-state index contributed by atoms with van der Waals surface area (Å²) in [6.07, 6.45) is 1.01. The van der Waals surface area contributed by atoms with Gasteiger partial charge in [-0.25, -0.2) is 41.6 Å². The number of hydrogen-bond acceptors (Lipinski definition) is 11. The highest BCUT2D eigenvalue weighted by atomic mass is 35.5. The third-order valence-corrected chi connectivity index (χ3v) is 11.1. The van der Waals surface area contributed by atoms with Gasteiger partial charge in [0.2, 0.25) is 5.72 Å². The maximum Gasteiger partial charge on any atom is 0.272 e. The Morgan fingerprint density at radius 2 is 1.52 bits per heavy atom. The van der Waals surface area contributed by atoms with Crippen LogP contribution in [0.2, 0.25) is 10.0 Å². The Labute approximate surface area is 327 Å². The van der Waals surface area contributed by atoms with Crippen molar-refractivity contribution in [3.05, 3.63) is 111 Å². The van der Waals surface area contributed by atoms with Crippen LogP contribution in [0.5, 0.6) is 5.75 Å². The van der Waals surface area contributed by atoms with Crippen molar-refractivity contribution < 1.29 is 42.4 Å². The van der Waals surface area contributed by atoms with E-state index < -0.39 is 70.0 Å². The molecule has 3 N–H and O–H groups in total. The number of benzene rings is 3. The number of aliphatic hydroxyl groups excluding tert-OH is 2. The zero-order valence-electron chi connectivity index (χ0n) is 29.3. The maximum atomic E-state index is 15.4. The van der Waals surface area contributed by atoms with Crippen LogP contribution < -0.4 is 4.74 Å². The van der Waals surface area contributed by atoms with Gasteiger partial charge in [0.05, 0.1) is 57.5 Å². The standard InChI is InChI=1S/C36H28Cl2F4N8O5S/c1-16-45-34(50(47-16)25-9-29-24(8-27(25)54-3)46-17(2)56-29)36(49-14-19(12-44-49)21-5-7-23(38)33(42)31(21)40)35(53,10-26(52)28(15-51)55-36)48-13-18(11-43-48)20-4-6-22(37)32(41)30(20)39/h4-9,11-14,26,28,51-53H,10,15H2,1-3H3/t26-,28-,35-,36?/m1/s1. The summed E-state index contributed by atoms with van der Waals surface area (Å²) < 4.78 is 76.4. The Morgan fingerprint density at radius 3 is 2.12 bits per heavy atom. The second-order valence-corrected chi connectivity index (χ2v) is 15.0. The molecular formula is C36H28Cl2F4N8O5S. The number of hydrogen-bond donors (Lipinski definition) is 3. The van der Waals surface area contributed by atoms with E-state index in [1.165, 1.54) is 47.7 Å². The van der Waals surface area contributed by atoms with Crippen molar-refractivity contribution in [2.24, 2.45) is 0 Å². The molecule has 4 aromatic heterocycles. The largest absolute Gasteiger partial charge is 0.494 e. The number of rotatable bonds is 8. The Kier molecular flexibility index (Phi) is 9.42. The van der Waals surface area contributed by atoms with Crippen molar-refractivity contribution in [3.63, 3.8) is 0 Å². The van der Waals surface area contributed by atoms with Crippen LogP contribution in [0.3, 0.4) is 0 Å². The highest BCUT2D eigenvalue weighted by molar-refractivity contribution is 7.18. The first-order chi connectivity index (χ1) is 26.7. The predicted molar refractivity (Wildman–Crippen MR) is 196 cm³/mol. The third kappa shape index (κ3) is 5.77. The van der Waals surface area contributed by atoms with Crippen molar-refractivity contribution in [2.75, 3.05) is 13.7 Å². The number of fused-ring (bicyclic) bond motifs is 1. The number of aromatic nitrogens is 8. The van der Waals surface area contributed by atoms with Gasteiger partial charge in [0.15, 0.2) is 29.1 Å². The van der Waals surface area contributed by atoms with Crippen LogP contribution in [0, 0.1) is 37.1 Å². The molecule has 0 bridgehead atoms. The molecule has 1 aliphatic rings. The van der Waals surface area contributed by atoms with E-state index in [4.69, 9.17) is 37.7 Å². The SMILES string of the molecule is COc1cc2nc(C)sc2cc1-n1nc(C)nc1C1(n2cc(-c3ccc(Cl)c(F)c3F)cn2)O[C@H](CO)[C@H](O)C[C@]1(O)n1cc(-c2ccc(Cl)c(F)c2F)cn1. The molecule has 1 aliphatic heterocycles. The van der Waals surface area contributed by atoms with Gasteiger partial charge in [-0.05, 0) is 44.2 Å². The van der Waals surface area contributed by atoms with E-state index in [0.29, 0.717) is 5.52 Å². The molecule has 290 valence electrons. The smallest absolute Gasteiger partial charge is 0.272 e. The number of nitrogens with zero attached hydrogens (tertiary/aromatic N) is 8. The van der Waals surface area contributed by atoms with Crippen LogP contribution in [0.15, 0.2) is 61.2 Å². The first-order valence-corrected chi connectivity index (χ1v) is 18.2. The molecule has 3 aromatic carbocycles. The number of aryl methyl sites for hydroxylation is 2. The van der Waals surface area contributed by atoms with Crippen LogP contribution in [-0.4, -0.2) is 80.6 Å². The normalized spacial score (nSPS) is 21.3. The van der Waals surface area contributed by atoms with Crippen molar-refractivity contribution >= 4 is 44.8 Å². The maximum absolute atomic E-state index is 15.4. The molecule has 4 atom stereocenters. The third-order valence-electron chi connectivity index (χ3n) is 9.57. The molecule has 0 radical (unpaired) electrons. The summed E-state index contributed by atoms with van der Waals surface area (Å²) in [7, 11) is 1.43. The molecule has 5 heterocycles. The minimum Gasteiger partial charge on any atom is -0.494 e. The lowest BCUT2D eigenvalue weighted by Gasteiger charge is -2.51. The van der Waals surface area contributed by atoms with Crippen molar-refractivity contribution in [1.82, 2.24) is 39.3 Å². The van der Waals surface area contributed by atoms with E-state index >= 15 is 8.78 Å². The summed E-state index contributed by atoms with van der Waals surface area (Å²) in [5, 5.41) is 48.5. The van der Waals surface area contributed by atoms with Gasteiger partial charge in [-0.2, -0.15) is 15.3 Å². The van der Waals surface area contributed by atoms with Gasteiger partial charge in [0.25, 0.3) is 5.72 Å². The Morgan fingerprint density at radius 1 is 0.911 bits per heavy atom. The van der Waals surface area contributed by atoms with E-state index in [2.05, 4.69) is 20.3 Å². The fraction of sp³-hybridized carbons (Fsp3) is 0.250. The van der Waals surface area contributed by atoms with Gasteiger partial charge in [0, 0.05) is 47.1 Å². The molecule has 20 heteroatoms. The van der Waals surface area contributed by atoms with Gasteiger partial charge < -0.3 is 24.8 Å². The van der Waals surface area contributed by atoms with Gasteiger partial charge in [-0.3, -0.25) is 0 Å². The Balaban J connectivity index is 1.44. The molecule has 0 aliphatic carbocycles. The zero-order chi connectivity index (χ0) is 39.8. The highest BCUT2D eigenvalue weighted by Gasteiger charge is 2.66. The molecule has 0 amide bonds. The van der Waals surface area contributed by atoms with Crippen LogP contribution in [0.1, 0.15) is 23.1 Å². The first kappa shape index (κ1) is 37.9. The number of halogens is 6. The van der Waals surface area contributed by atoms with E-state index in [1.54, 1.807) is 19.1 Å². The average Bonchev–Trinajstić information content (AvgIpc) is 3.99. The zero-order valence-corrected chi connectivity index (χ0v) is 31.6. The summed E-state index contributed by atoms with van der Waals surface area (Å²) in [5.74, 6) is -5.03. The summed E-state index contributed by atoms with van der Waals surface area (Å²) >= 11 is 13.0. The lowest BCUT2D eigenvalue weighted by molar-refractivity contribution is -0.338. The van der Waals surface area contributed by atoms with E-state index in [-0.39, 0.29) is 45.3 Å². The first-order valence-electron chi connectivity index (χ1n) is 16.7. The van der Waals surface area contributed by atoms with E-state index in [9.17, 15) is 24.1 Å². The molecular weight excluding hydrogens is 803 g/mol.